The van der Waals surface area contributed by atoms with Gasteiger partial charge in [-0.15, -0.1) is 0 Å². The molecule has 2 aromatic carbocycles. The van der Waals surface area contributed by atoms with Crippen molar-refractivity contribution in [3.05, 3.63) is 65.2 Å². The summed E-state index contributed by atoms with van der Waals surface area (Å²) in [6.45, 7) is 2.32. The molecule has 0 aliphatic carbocycles. The van der Waals surface area contributed by atoms with Crippen molar-refractivity contribution in [2.75, 3.05) is 26.7 Å². The minimum absolute atomic E-state index is 0.0221. The van der Waals surface area contributed by atoms with Crippen molar-refractivity contribution in [1.82, 2.24) is 10.2 Å². The van der Waals surface area contributed by atoms with Crippen molar-refractivity contribution in [1.29, 1.82) is 0 Å². The number of likely N-dealkylation sites (tertiary alicyclic amines) is 1. The molecule has 0 saturated carbocycles. The second-order valence-electron chi connectivity index (χ2n) is 7.21. The van der Waals surface area contributed by atoms with Crippen LogP contribution in [0.1, 0.15) is 35.6 Å². The number of hydrogen-bond acceptors (Lipinski definition) is 3. The summed E-state index contributed by atoms with van der Waals surface area (Å²) in [4.78, 5) is 14.7. The summed E-state index contributed by atoms with van der Waals surface area (Å²) in [5.41, 5.74) is 0.683. The average molecular weight is 406 g/mol. The van der Waals surface area contributed by atoms with Crippen molar-refractivity contribution in [2.45, 2.75) is 31.5 Å². The average Bonchev–Trinajstić information content (AvgIpc) is 3.23. The second kappa shape index (κ2) is 9.31. The van der Waals surface area contributed by atoms with Crippen LogP contribution in [0, 0.1) is 0 Å². The topological polar surface area (TPSA) is 41.6 Å². The van der Waals surface area contributed by atoms with E-state index < -0.39 is 11.7 Å². The van der Waals surface area contributed by atoms with Crippen LogP contribution in [0.15, 0.2) is 48.5 Å². The Morgan fingerprint density at radius 3 is 2.45 bits per heavy atom. The lowest BCUT2D eigenvalue weighted by atomic mass is 10.0. The Bertz CT molecular complexity index is 816. The zero-order valence-corrected chi connectivity index (χ0v) is 16.3. The van der Waals surface area contributed by atoms with E-state index in [-0.39, 0.29) is 18.4 Å². The Labute approximate surface area is 168 Å². The minimum atomic E-state index is -4.41. The summed E-state index contributed by atoms with van der Waals surface area (Å²) in [7, 11) is 1.61. The molecule has 1 atom stereocenters. The molecule has 0 aromatic heterocycles. The highest BCUT2D eigenvalue weighted by atomic mass is 19.4. The fraction of sp³-hybridized carbons (Fsp3) is 0.409. The summed E-state index contributed by atoms with van der Waals surface area (Å²) < 4.78 is 43.8. The molecule has 3 rings (SSSR count). The zero-order chi connectivity index (χ0) is 20.9. The largest absolute Gasteiger partial charge is 0.497 e. The lowest BCUT2D eigenvalue weighted by Crippen LogP contribution is -2.37. The van der Waals surface area contributed by atoms with Crippen LogP contribution in [0.5, 0.6) is 5.75 Å². The molecule has 156 valence electrons. The highest BCUT2D eigenvalue weighted by Gasteiger charge is 2.30. The number of amides is 1. The van der Waals surface area contributed by atoms with E-state index in [2.05, 4.69) is 10.2 Å². The van der Waals surface area contributed by atoms with Crippen molar-refractivity contribution in [3.8, 4) is 5.75 Å². The van der Waals surface area contributed by atoms with Gasteiger partial charge in [0, 0.05) is 6.54 Å². The fourth-order valence-electron chi connectivity index (χ4n) is 3.65. The van der Waals surface area contributed by atoms with Crippen LogP contribution in [0.25, 0.3) is 0 Å². The molecule has 1 amide bonds. The van der Waals surface area contributed by atoms with Gasteiger partial charge in [-0.1, -0.05) is 30.3 Å². The Morgan fingerprint density at radius 1 is 1.14 bits per heavy atom. The van der Waals surface area contributed by atoms with Crippen molar-refractivity contribution in [3.63, 3.8) is 0 Å². The monoisotopic (exact) mass is 406 g/mol. The minimum Gasteiger partial charge on any atom is -0.497 e. The predicted molar refractivity (Wildman–Crippen MR) is 105 cm³/mol. The van der Waals surface area contributed by atoms with E-state index in [1.807, 2.05) is 24.3 Å². The van der Waals surface area contributed by atoms with E-state index in [4.69, 9.17) is 4.74 Å². The van der Waals surface area contributed by atoms with Gasteiger partial charge in [-0.05, 0) is 55.3 Å². The Hall–Kier alpha value is -2.54. The van der Waals surface area contributed by atoms with Gasteiger partial charge < -0.3 is 10.1 Å². The standard InChI is InChI=1S/C22H25F3N2O2/c1-29-19-9-7-17(8-10-19)20(27-11-2-3-12-27)15-26-21(28)14-16-5-4-6-18(13-16)22(23,24)25/h4-10,13,20H,2-3,11-12,14-15H2,1H3,(H,26,28)/t20-/m1/s1. The van der Waals surface area contributed by atoms with Crippen LogP contribution in [-0.2, 0) is 17.4 Å². The SMILES string of the molecule is COc1ccc([C@@H](CNC(=O)Cc2cccc(C(F)(F)F)c2)N2CCCC2)cc1. The number of ether oxygens (including phenoxy) is 1. The molecule has 29 heavy (non-hydrogen) atoms. The maximum absolute atomic E-state index is 12.9. The molecule has 0 unspecified atom stereocenters. The van der Waals surface area contributed by atoms with Gasteiger partial charge in [0.25, 0.3) is 0 Å². The third-order valence-corrected chi connectivity index (χ3v) is 5.19. The number of alkyl halides is 3. The third-order valence-electron chi connectivity index (χ3n) is 5.19. The molecular weight excluding hydrogens is 381 g/mol. The van der Waals surface area contributed by atoms with Crippen LogP contribution >= 0.6 is 0 Å². The Balaban J connectivity index is 1.65. The molecule has 1 N–H and O–H groups in total. The van der Waals surface area contributed by atoms with Gasteiger partial charge in [0.2, 0.25) is 5.91 Å². The number of rotatable bonds is 7. The molecule has 1 saturated heterocycles. The number of halogens is 3. The molecule has 1 aliphatic heterocycles. The van der Waals surface area contributed by atoms with Crippen LogP contribution in [0.3, 0.4) is 0 Å². The van der Waals surface area contributed by atoms with E-state index in [1.54, 1.807) is 7.11 Å². The van der Waals surface area contributed by atoms with Gasteiger partial charge in [-0.25, -0.2) is 0 Å². The molecule has 1 aliphatic rings. The number of nitrogens with zero attached hydrogens (tertiary/aromatic N) is 1. The fourth-order valence-corrected chi connectivity index (χ4v) is 3.65. The van der Waals surface area contributed by atoms with Gasteiger partial charge in [0.05, 0.1) is 25.1 Å². The van der Waals surface area contributed by atoms with Gasteiger partial charge in [-0.3, -0.25) is 9.69 Å². The highest BCUT2D eigenvalue weighted by molar-refractivity contribution is 5.78. The van der Waals surface area contributed by atoms with Gasteiger partial charge in [0.15, 0.2) is 0 Å². The molecule has 1 heterocycles. The first-order chi connectivity index (χ1) is 13.9. The van der Waals surface area contributed by atoms with Crippen molar-refractivity contribution >= 4 is 5.91 Å². The molecule has 0 bridgehead atoms. The van der Waals surface area contributed by atoms with Crippen LogP contribution in [0.4, 0.5) is 13.2 Å². The number of carbonyl (C=O) groups excluding carboxylic acids is 1. The normalized spacial score (nSPS) is 15.9. The number of methoxy groups -OCH3 is 1. The van der Waals surface area contributed by atoms with Crippen LogP contribution < -0.4 is 10.1 Å². The third kappa shape index (κ3) is 5.73. The number of hydrogen-bond donors (Lipinski definition) is 1. The smallest absolute Gasteiger partial charge is 0.416 e. The van der Waals surface area contributed by atoms with Gasteiger partial charge in [0.1, 0.15) is 5.75 Å². The lowest BCUT2D eigenvalue weighted by Gasteiger charge is -2.28. The quantitative estimate of drug-likeness (QED) is 0.749. The second-order valence-corrected chi connectivity index (χ2v) is 7.21. The Morgan fingerprint density at radius 2 is 1.83 bits per heavy atom. The van der Waals surface area contributed by atoms with Gasteiger partial charge >= 0.3 is 6.18 Å². The number of benzene rings is 2. The summed E-state index contributed by atoms with van der Waals surface area (Å²) in [5.74, 6) is 0.476. The Kier molecular flexibility index (Phi) is 6.79. The van der Waals surface area contributed by atoms with E-state index in [9.17, 15) is 18.0 Å². The van der Waals surface area contributed by atoms with E-state index >= 15 is 0 Å². The summed E-state index contributed by atoms with van der Waals surface area (Å²) >= 11 is 0. The first kappa shape index (κ1) is 21.2. The first-order valence-corrected chi connectivity index (χ1v) is 9.67. The molecule has 2 aromatic rings. The van der Waals surface area contributed by atoms with E-state index in [0.29, 0.717) is 12.1 Å². The number of carbonyl (C=O) groups is 1. The first-order valence-electron chi connectivity index (χ1n) is 9.67. The molecular formula is C22H25F3N2O2. The van der Waals surface area contributed by atoms with Gasteiger partial charge in [-0.2, -0.15) is 13.2 Å². The zero-order valence-electron chi connectivity index (χ0n) is 16.3. The summed E-state index contributed by atoms with van der Waals surface area (Å²) in [6, 6.07) is 12.7. The number of nitrogens with one attached hydrogen (secondary N) is 1. The summed E-state index contributed by atoms with van der Waals surface area (Å²) in [6.07, 6.45) is -2.27. The van der Waals surface area contributed by atoms with E-state index in [0.717, 1.165) is 49.4 Å². The lowest BCUT2D eigenvalue weighted by molar-refractivity contribution is -0.137. The van der Waals surface area contributed by atoms with E-state index in [1.165, 1.54) is 12.1 Å². The van der Waals surface area contributed by atoms with Crippen LogP contribution in [-0.4, -0.2) is 37.6 Å². The van der Waals surface area contributed by atoms with Crippen LogP contribution in [0.2, 0.25) is 0 Å². The molecule has 7 heteroatoms. The molecule has 1 fully saturated rings. The summed E-state index contributed by atoms with van der Waals surface area (Å²) in [5, 5.41) is 2.90. The highest BCUT2D eigenvalue weighted by Crippen LogP contribution is 2.30. The van der Waals surface area contributed by atoms with Crippen molar-refractivity contribution in [2.24, 2.45) is 0 Å². The maximum Gasteiger partial charge on any atom is 0.416 e. The van der Waals surface area contributed by atoms with Crippen molar-refractivity contribution < 1.29 is 22.7 Å². The predicted octanol–water partition coefficient (Wildman–Crippen LogP) is 4.21. The maximum atomic E-state index is 12.9. The molecule has 0 spiro atoms. The molecule has 4 nitrogen and oxygen atoms in total. The molecule has 0 radical (unpaired) electrons.